The molecule has 3 rings (SSSR count). The highest BCUT2D eigenvalue weighted by Crippen LogP contribution is 2.21. The van der Waals surface area contributed by atoms with Gasteiger partial charge < -0.3 is 15.0 Å². The molecule has 1 aliphatic rings. The second-order valence-electron chi connectivity index (χ2n) is 6.03. The number of nitrogens with one attached hydrogen (secondary N) is 1. The van der Waals surface area contributed by atoms with Gasteiger partial charge in [-0.25, -0.2) is 8.42 Å². The first-order chi connectivity index (χ1) is 13.0. The van der Waals surface area contributed by atoms with E-state index < -0.39 is 10.0 Å². The van der Waals surface area contributed by atoms with Crippen molar-refractivity contribution in [3.63, 3.8) is 0 Å². The average Bonchev–Trinajstić information content (AvgIpc) is 3.20. The van der Waals surface area contributed by atoms with Gasteiger partial charge in [-0.05, 0) is 54.9 Å². The maximum atomic E-state index is 12.8. The molecule has 0 amide bonds. The van der Waals surface area contributed by atoms with Crippen LogP contribution in [-0.2, 0) is 16.6 Å². The molecular weight excluding hydrogens is 402 g/mol. The van der Waals surface area contributed by atoms with E-state index in [4.69, 9.17) is 17.0 Å². The Morgan fingerprint density at radius 1 is 1.19 bits per heavy atom. The van der Waals surface area contributed by atoms with Gasteiger partial charge in [0.1, 0.15) is 5.75 Å². The molecule has 27 heavy (non-hydrogen) atoms. The molecule has 0 bridgehead atoms. The van der Waals surface area contributed by atoms with Crippen LogP contribution in [0.4, 0.5) is 0 Å². The summed E-state index contributed by atoms with van der Waals surface area (Å²) in [7, 11) is -3.50. The van der Waals surface area contributed by atoms with Crippen molar-refractivity contribution in [2.24, 2.45) is 0 Å². The second-order valence-corrected chi connectivity index (χ2v) is 9.39. The number of nitrogens with zero attached hydrogens (tertiary/aromatic N) is 2. The first kappa shape index (κ1) is 20.1. The molecule has 0 atom stereocenters. The highest BCUT2D eigenvalue weighted by Gasteiger charge is 2.29. The third kappa shape index (κ3) is 4.98. The van der Waals surface area contributed by atoms with Gasteiger partial charge in [0.2, 0.25) is 10.0 Å². The molecule has 1 saturated heterocycles. The summed E-state index contributed by atoms with van der Waals surface area (Å²) in [5.74, 6) is 0.670. The van der Waals surface area contributed by atoms with Crippen LogP contribution in [0.2, 0.25) is 0 Å². The van der Waals surface area contributed by atoms with E-state index in [1.165, 1.54) is 9.18 Å². The quantitative estimate of drug-likeness (QED) is 0.718. The van der Waals surface area contributed by atoms with Gasteiger partial charge in [0.25, 0.3) is 0 Å². The number of rotatable bonds is 6. The Labute approximate surface area is 169 Å². The van der Waals surface area contributed by atoms with Crippen LogP contribution in [-0.4, -0.2) is 55.5 Å². The van der Waals surface area contributed by atoms with E-state index in [1.807, 2.05) is 23.3 Å². The highest BCUT2D eigenvalue weighted by molar-refractivity contribution is 7.89. The Morgan fingerprint density at radius 3 is 2.48 bits per heavy atom. The summed E-state index contributed by atoms with van der Waals surface area (Å²) in [4.78, 5) is 3.53. The molecule has 9 heteroatoms. The number of ether oxygens (including phenoxy) is 1. The number of thiocarbonyl (C=S) groups is 1. The first-order valence-electron chi connectivity index (χ1n) is 8.79. The predicted molar refractivity (Wildman–Crippen MR) is 112 cm³/mol. The Balaban J connectivity index is 1.55. The Morgan fingerprint density at radius 2 is 1.89 bits per heavy atom. The summed E-state index contributed by atoms with van der Waals surface area (Å²) in [6, 6.07) is 10.6. The Bertz CT molecular complexity index is 844. The van der Waals surface area contributed by atoms with Crippen molar-refractivity contribution in [3.8, 4) is 5.75 Å². The van der Waals surface area contributed by atoms with Crippen molar-refractivity contribution in [1.29, 1.82) is 0 Å². The number of thiophene rings is 1. The van der Waals surface area contributed by atoms with Crippen LogP contribution in [0.3, 0.4) is 0 Å². The SMILES string of the molecule is CCOc1ccc(S(=O)(=O)N2CCN(C(=S)NCc3cccs3)CC2)cc1. The molecule has 1 N–H and O–H groups in total. The standard InChI is InChI=1S/C18H23N3O3S3/c1-2-24-15-5-7-17(8-6-15)27(22,23)21-11-9-20(10-12-21)18(25)19-14-16-4-3-13-26-16/h3-8,13H,2,9-12,14H2,1H3,(H,19,25). The zero-order chi connectivity index (χ0) is 19.3. The smallest absolute Gasteiger partial charge is 0.243 e. The van der Waals surface area contributed by atoms with Gasteiger partial charge in [0.15, 0.2) is 5.11 Å². The lowest BCUT2D eigenvalue weighted by Crippen LogP contribution is -2.52. The summed E-state index contributed by atoms with van der Waals surface area (Å²) in [6.07, 6.45) is 0. The Kier molecular flexibility index (Phi) is 6.69. The summed E-state index contributed by atoms with van der Waals surface area (Å²) in [5, 5.41) is 5.94. The molecule has 1 aliphatic heterocycles. The van der Waals surface area contributed by atoms with Crippen molar-refractivity contribution in [1.82, 2.24) is 14.5 Å². The van der Waals surface area contributed by atoms with Crippen LogP contribution < -0.4 is 10.1 Å². The van der Waals surface area contributed by atoms with Crippen molar-refractivity contribution >= 4 is 38.7 Å². The summed E-state index contributed by atoms with van der Waals surface area (Å²) in [5.41, 5.74) is 0. The maximum absolute atomic E-state index is 12.8. The third-order valence-corrected chi connectivity index (χ3v) is 7.48. The summed E-state index contributed by atoms with van der Waals surface area (Å²) in [6.45, 7) is 5.12. The first-order valence-corrected chi connectivity index (χ1v) is 11.5. The summed E-state index contributed by atoms with van der Waals surface area (Å²) >= 11 is 7.13. The normalized spacial score (nSPS) is 15.5. The minimum absolute atomic E-state index is 0.290. The van der Waals surface area contributed by atoms with Gasteiger partial charge >= 0.3 is 0 Å². The molecule has 2 heterocycles. The molecule has 6 nitrogen and oxygen atoms in total. The monoisotopic (exact) mass is 425 g/mol. The second kappa shape index (κ2) is 9.01. The lowest BCUT2D eigenvalue weighted by molar-refractivity contribution is 0.264. The lowest BCUT2D eigenvalue weighted by atomic mass is 10.3. The molecule has 1 aromatic heterocycles. The molecular formula is C18H23N3O3S3. The van der Waals surface area contributed by atoms with E-state index in [0.717, 1.165) is 0 Å². The molecule has 0 radical (unpaired) electrons. The zero-order valence-electron chi connectivity index (χ0n) is 15.1. The molecule has 0 aliphatic carbocycles. The van der Waals surface area contributed by atoms with E-state index in [-0.39, 0.29) is 4.90 Å². The number of hydrogen-bond acceptors (Lipinski definition) is 5. The number of sulfonamides is 1. The van der Waals surface area contributed by atoms with E-state index in [0.29, 0.717) is 50.2 Å². The van der Waals surface area contributed by atoms with Gasteiger partial charge in [-0.15, -0.1) is 11.3 Å². The van der Waals surface area contributed by atoms with Gasteiger partial charge in [0.05, 0.1) is 18.0 Å². The minimum Gasteiger partial charge on any atom is -0.494 e. The molecule has 146 valence electrons. The largest absolute Gasteiger partial charge is 0.494 e. The fourth-order valence-electron chi connectivity index (χ4n) is 2.84. The molecule has 0 spiro atoms. The zero-order valence-corrected chi connectivity index (χ0v) is 17.6. The summed E-state index contributed by atoms with van der Waals surface area (Å²) < 4.78 is 32.6. The van der Waals surface area contributed by atoms with Crippen LogP contribution in [0.1, 0.15) is 11.8 Å². The van der Waals surface area contributed by atoms with Gasteiger partial charge in [-0.3, -0.25) is 0 Å². The van der Waals surface area contributed by atoms with Crippen LogP contribution in [0.15, 0.2) is 46.7 Å². The Hall–Kier alpha value is -1.68. The molecule has 2 aromatic rings. The van der Waals surface area contributed by atoms with Crippen LogP contribution >= 0.6 is 23.6 Å². The van der Waals surface area contributed by atoms with Crippen LogP contribution in [0, 0.1) is 0 Å². The number of benzene rings is 1. The van der Waals surface area contributed by atoms with Gasteiger partial charge in [-0.2, -0.15) is 4.31 Å². The lowest BCUT2D eigenvalue weighted by Gasteiger charge is -2.35. The molecule has 0 saturated carbocycles. The van der Waals surface area contributed by atoms with E-state index in [1.54, 1.807) is 35.6 Å². The highest BCUT2D eigenvalue weighted by atomic mass is 32.2. The van der Waals surface area contributed by atoms with E-state index >= 15 is 0 Å². The maximum Gasteiger partial charge on any atom is 0.243 e. The fraction of sp³-hybridized carbons (Fsp3) is 0.389. The van der Waals surface area contributed by atoms with E-state index in [9.17, 15) is 8.42 Å². The number of piperazine rings is 1. The number of hydrogen-bond donors (Lipinski definition) is 1. The van der Waals surface area contributed by atoms with Gasteiger partial charge in [0, 0.05) is 31.1 Å². The predicted octanol–water partition coefficient (Wildman–Crippen LogP) is 2.53. The topological polar surface area (TPSA) is 61.9 Å². The minimum atomic E-state index is -3.50. The van der Waals surface area contributed by atoms with Crippen LogP contribution in [0.5, 0.6) is 5.75 Å². The van der Waals surface area contributed by atoms with Crippen molar-refractivity contribution in [3.05, 3.63) is 46.7 Å². The van der Waals surface area contributed by atoms with Crippen molar-refractivity contribution < 1.29 is 13.2 Å². The molecule has 1 fully saturated rings. The van der Waals surface area contributed by atoms with E-state index in [2.05, 4.69) is 11.4 Å². The van der Waals surface area contributed by atoms with Gasteiger partial charge in [-0.1, -0.05) is 6.07 Å². The molecule has 0 unspecified atom stereocenters. The third-order valence-electron chi connectivity index (χ3n) is 4.29. The van der Waals surface area contributed by atoms with Crippen molar-refractivity contribution in [2.75, 3.05) is 32.8 Å². The van der Waals surface area contributed by atoms with Crippen molar-refractivity contribution in [2.45, 2.75) is 18.4 Å². The molecule has 1 aromatic carbocycles. The van der Waals surface area contributed by atoms with Crippen LogP contribution in [0.25, 0.3) is 0 Å². The fourth-order valence-corrected chi connectivity index (χ4v) is 5.16. The average molecular weight is 426 g/mol.